The molecule has 0 fully saturated rings. The zero-order valence-corrected chi connectivity index (χ0v) is 20.3. The third-order valence-electron chi connectivity index (χ3n) is 5.80. The number of ketones is 1. The summed E-state index contributed by atoms with van der Waals surface area (Å²) in [6.45, 7) is 5.07. The summed E-state index contributed by atoms with van der Waals surface area (Å²) in [5, 5.41) is 11.6. The minimum Gasteiger partial charge on any atom is -0.503 e. The summed E-state index contributed by atoms with van der Waals surface area (Å²) in [4.78, 5) is 45.0. The molecule has 4 aromatic rings. The number of carbonyl (C=O) groups excluding carboxylic acids is 3. The van der Waals surface area contributed by atoms with Gasteiger partial charge in [-0.25, -0.2) is 14.2 Å². The lowest BCUT2D eigenvalue weighted by molar-refractivity contribution is -0.117. The monoisotopic (exact) mass is 518 g/mol. The number of rotatable bonds is 7. The Hall–Kier alpha value is -4.57. The highest BCUT2D eigenvalue weighted by Crippen LogP contribution is 2.44. The maximum Gasteiger partial charge on any atom is 0.350 e. The average Bonchev–Trinajstić information content (AvgIpc) is 3.57. The highest BCUT2D eigenvalue weighted by molar-refractivity contribution is 7.17. The quantitative estimate of drug-likeness (QED) is 0.196. The van der Waals surface area contributed by atoms with Crippen molar-refractivity contribution in [2.75, 3.05) is 11.5 Å². The molecule has 0 saturated heterocycles. The van der Waals surface area contributed by atoms with Crippen LogP contribution in [0.1, 0.15) is 37.5 Å². The van der Waals surface area contributed by atoms with E-state index in [0.29, 0.717) is 22.2 Å². The Morgan fingerprint density at radius 2 is 1.97 bits per heavy atom. The first kappa shape index (κ1) is 24.1. The number of ether oxygens (including phenoxy) is 1. The number of aliphatic hydroxyl groups is 1. The lowest BCUT2D eigenvalue weighted by Gasteiger charge is -2.24. The number of benzene rings is 2. The highest BCUT2D eigenvalue weighted by atomic mass is 32.1. The number of aromatic nitrogens is 1. The Morgan fingerprint density at radius 3 is 2.68 bits per heavy atom. The summed E-state index contributed by atoms with van der Waals surface area (Å²) in [7, 11) is 0. The van der Waals surface area contributed by atoms with E-state index in [0.717, 1.165) is 16.2 Å². The average molecular weight is 519 g/mol. The number of aryl methyl sites for hydroxylation is 1. The molecule has 8 nitrogen and oxygen atoms in total. The predicted octanol–water partition coefficient (Wildman–Crippen LogP) is 5.46. The van der Waals surface area contributed by atoms with Gasteiger partial charge in [-0.1, -0.05) is 54.3 Å². The fraction of sp³-hybridized carbons (Fsp3) is 0.111. The molecule has 0 aliphatic carbocycles. The number of nitrogens with zero attached hydrogens (tertiary/aromatic N) is 2. The maximum atomic E-state index is 13.7. The largest absolute Gasteiger partial charge is 0.503 e. The molecule has 0 spiro atoms. The number of esters is 1. The zero-order chi connectivity index (χ0) is 26.3. The van der Waals surface area contributed by atoms with Crippen molar-refractivity contribution in [3.8, 4) is 0 Å². The van der Waals surface area contributed by atoms with Gasteiger partial charge in [0.1, 0.15) is 22.9 Å². The van der Waals surface area contributed by atoms with Crippen LogP contribution in [0.25, 0.3) is 11.0 Å². The number of Topliss-reactive ketones (excluding diaryl/α,β-unsaturated/α-hetero) is 1. The minimum atomic E-state index is -1.16. The molecule has 5 rings (SSSR count). The molecule has 1 N–H and O–H groups in total. The van der Waals surface area contributed by atoms with Gasteiger partial charge in [0.05, 0.1) is 17.3 Å². The number of anilines is 1. The number of fused-ring (bicyclic) bond motifs is 1. The molecule has 1 aliphatic rings. The van der Waals surface area contributed by atoms with Crippen LogP contribution in [0.2, 0.25) is 0 Å². The van der Waals surface area contributed by atoms with Crippen molar-refractivity contribution in [3.05, 3.63) is 106 Å². The molecule has 0 bridgehead atoms. The van der Waals surface area contributed by atoms with E-state index < -0.39 is 35.3 Å². The molecule has 2 aromatic heterocycles. The standard InChI is InChI=1S/C27H19FN2O6S/c1-3-12-35-26(34)24-14(2)29-27(37-24)30-21(15-8-10-17(28)11-9-15)20(23(32)25(30)33)22(31)19-13-16-6-4-5-7-18(16)36-19/h3-11,13,21,32H,1,12H2,2H3. The number of halogens is 1. The van der Waals surface area contributed by atoms with Crippen LogP contribution in [0.4, 0.5) is 9.52 Å². The Balaban J connectivity index is 1.61. The van der Waals surface area contributed by atoms with Gasteiger partial charge < -0.3 is 14.3 Å². The maximum absolute atomic E-state index is 13.7. The number of furan rings is 1. The summed E-state index contributed by atoms with van der Waals surface area (Å²) < 4.78 is 24.5. The lowest BCUT2D eigenvalue weighted by atomic mass is 9.95. The molecule has 2 aromatic carbocycles. The first-order valence-corrected chi connectivity index (χ1v) is 11.9. The third-order valence-corrected chi connectivity index (χ3v) is 6.93. The van der Waals surface area contributed by atoms with Gasteiger partial charge in [-0.3, -0.25) is 14.5 Å². The van der Waals surface area contributed by atoms with Crippen LogP contribution < -0.4 is 4.90 Å². The second-order valence-corrected chi connectivity index (χ2v) is 9.14. The van der Waals surface area contributed by atoms with E-state index >= 15 is 0 Å². The van der Waals surface area contributed by atoms with Gasteiger partial charge in [-0.05, 0) is 36.8 Å². The number of hydrogen-bond donors (Lipinski definition) is 1. The van der Waals surface area contributed by atoms with Crippen LogP contribution in [-0.2, 0) is 9.53 Å². The van der Waals surface area contributed by atoms with Crippen LogP contribution in [0, 0.1) is 12.7 Å². The van der Waals surface area contributed by atoms with E-state index in [2.05, 4.69) is 11.6 Å². The highest BCUT2D eigenvalue weighted by Gasteiger charge is 2.47. The number of thiazole rings is 1. The first-order valence-electron chi connectivity index (χ1n) is 11.1. The molecule has 1 amide bonds. The Bertz CT molecular complexity index is 1570. The van der Waals surface area contributed by atoms with Crippen LogP contribution in [0.15, 0.2) is 83.0 Å². The SMILES string of the molecule is C=CCOC(=O)c1sc(N2C(=O)C(O)=C(C(=O)c3cc4ccccc4o3)C2c2ccc(F)cc2)nc1C. The molecule has 37 heavy (non-hydrogen) atoms. The van der Waals surface area contributed by atoms with E-state index in [-0.39, 0.29) is 27.9 Å². The van der Waals surface area contributed by atoms with Crippen molar-refractivity contribution in [2.45, 2.75) is 13.0 Å². The summed E-state index contributed by atoms with van der Waals surface area (Å²) in [6.07, 6.45) is 1.42. The molecular formula is C27H19FN2O6S. The van der Waals surface area contributed by atoms with Crippen molar-refractivity contribution >= 4 is 45.1 Å². The second-order valence-electron chi connectivity index (χ2n) is 8.17. The first-order chi connectivity index (χ1) is 17.8. The molecule has 1 unspecified atom stereocenters. The Labute approximate surface area is 213 Å². The normalized spacial score (nSPS) is 15.5. The molecule has 0 saturated carbocycles. The molecule has 186 valence electrons. The second kappa shape index (κ2) is 9.47. The number of amides is 1. The summed E-state index contributed by atoms with van der Waals surface area (Å²) in [5.41, 5.74) is 0.862. The van der Waals surface area contributed by atoms with Crippen LogP contribution in [0.5, 0.6) is 0 Å². The lowest BCUT2D eigenvalue weighted by Crippen LogP contribution is -2.31. The number of para-hydroxylation sites is 1. The minimum absolute atomic E-state index is 0.00908. The molecule has 3 heterocycles. The van der Waals surface area contributed by atoms with Crippen molar-refractivity contribution in [1.82, 2.24) is 4.98 Å². The number of carbonyl (C=O) groups is 3. The van der Waals surface area contributed by atoms with Crippen molar-refractivity contribution in [3.63, 3.8) is 0 Å². The van der Waals surface area contributed by atoms with Crippen LogP contribution in [-0.4, -0.2) is 34.4 Å². The Kier molecular flexibility index (Phi) is 6.18. The molecule has 0 radical (unpaired) electrons. The van der Waals surface area contributed by atoms with Gasteiger partial charge in [0.15, 0.2) is 16.7 Å². The predicted molar refractivity (Wildman–Crippen MR) is 134 cm³/mol. The van der Waals surface area contributed by atoms with Crippen molar-refractivity contribution < 1.29 is 33.0 Å². The fourth-order valence-electron chi connectivity index (χ4n) is 4.10. The summed E-state index contributed by atoms with van der Waals surface area (Å²) in [5.74, 6) is -3.64. The summed E-state index contributed by atoms with van der Waals surface area (Å²) in [6, 6.07) is 12.5. The smallest absolute Gasteiger partial charge is 0.350 e. The van der Waals surface area contributed by atoms with E-state index in [1.807, 2.05) is 0 Å². The van der Waals surface area contributed by atoms with Gasteiger partial charge >= 0.3 is 5.97 Å². The van der Waals surface area contributed by atoms with Gasteiger partial charge in [0.2, 0.25) is 5.78 Å². The van der Waals surface area contributed by atoms with Crippen LogP contribution in [0.3, 0.4) is 0 Å². The van der Waals surface area contributed by atoms with E-state index in [4.69, 9.17) is 9.15 Å². The Morgan fingerprint density at radius 1 is 1.24 bits per heavy atom. The van der Waals surface area contributed by atoms with Gasteiger partial charge in [-0.2, -0.15) is 0 Å². The van der Waals surface area contributed by atoms with E-state index in [1.54, 1.807) is 31.2 Å². The topological polar surface area (TPSA) is 110 Å². The van der Waals surface area contributed by atoms with Crippen molar-refractivity contribution in [2.24, 2.45) is 0 Å². The van der Waals surface area contributed by atoms with E-state index in [1.165, 1.54) is 36.4 Å². The third kappa shape index (κ3) is 4.21. The molecular weight excluding hydrogens is 499 g/mol. The summed E-state index contributed by atoms with van der Waals surface area (Å²) >= 11 is 0.875. The molecule has 1 aliphatic heterocycles. The zero-order valence-electron chi connectivity index (χ0n) is 19.4. The fourth-order valence-corrected chi connectivity index (χ4v) is 5.08. The molecule has 10 heteroatoms. The van der Waals surface area contributed by atoms with Gasteiger partial charge in [0, 0.05) is 5.39 Å². The number of aliphatic hydroxyl groups excluding tert-OH is 1. The number of hydrogen-bond acceptors (Lipinski definition) is 8. The van der Waals surface area contributed by atoms with Crippen LogP contribution >= 0.6 is 11.3 Å². The van der Waals surface area contributed by atoms with Crippen molar-refractivity contribution in [1.29, 1.82) is 0 Å². The van der Waals surface area contributed by atoms with Gasteiger partial charge in [-0.15, -0.1) is 0 Å². The molecule has 1 atom stereocenters. The van der Waals surface area contributed by atoms with Gasteiger partial charge in [0.25, 0.3) is 5.91 Å². The van der Waals surface area contributed by atoms with E-state index in [9.17, 15) is 23.9 Å².